The first-order valence-corrected chi connectivity index (χ1v) is 13.1. The van der Waals surface area contributed by atoms with Crippen LogP contribution in [0.15, 0.2) is 79.4 Å². The summed E-state index contributed by atoms with van der Waals surface area (Å²) < 4.78 is 18.8. The van der Waals surface area contributed by atoms with Crippen molar-refractivity contribution in [2.45, 2.75) is 20.8 Å². The minimum absolute atomic E-state index is 0.124. The summed E-state index contributed by atoms with van der Waals surface area (Å²) in [6, 6.07) is 17.0. The molecule has 40 heavy (non-hydrogen) atoms. The molecule has 204 valence electrons. The third-order valence-electron chi connectivity index (χ3n) is 5.93. The van der Waals surface area contributed by atoms with Crippen LogP contribution < -0.4 is 15.0 Å². The molecule has 0 radical (unpaired) electrons. The largest absolute Gasteiger partial charge is 0.496 e. The highest BCUT2D eigenvalue weighted by molar-refractivity contribution is 9.10. The second kappa shape index (κ2) is 10.6. The molecule has 0 aliphatic rings. The van der Waals surface area contributed by atoms with E-state index in [9.17, 15) is 14.9 Å². The topological polar surface area (TPSA) is 122 Å². The SMILES string of the molecule is COc1cccc2oc(-c3nc4ccccc4c(=O)n3N=Cc3cc(Br)c(OCC(C)(C)C)c([N+](=O)[O-])c3)cc12. The summed E-state index contributed by atoms with van der Waals surface area (Å²) in [5, 5.41) is 17.4. The van der Waals surface area contributed by atoms with E-state index in [2.05, 4.69) is 26.0 Å². The molecule has 0 bridgehead atoms. The molecule has 0 fully saturated rings. The van der Waals surface area contributed by atoms with Crippen molar-refractivity contribution in [1.29, 1.82) is 0 Å². The van der Waals surface area contributed by atoms with Crippen LogP contribution in [0.3, 0.4) is 0 Å². The van der Waals surface area contributed by atoms with Gasteiger partial charge in [0.1, 0.15) is 11.3 Å². The van der Waals surface area contributed by atoms with Crippen LogP contribution in [0, 0.1) is 15.5 Å². The first-order chi connectivity index (χ1) is 19.1. The van der Waals surface area contributed by atoms with Gasteiger partial charge in [0.05, 0.1) is 45.6 Å². The van der Waals surface area contributed by atoms with Gasteiger partial charge in [0.2, 0.25) is 11.6 Å². The number of rotatable bonds is 7. The Balaban J connectivity index is 1.64. The van der Waals surface area contributed by atoms with Gasteiger partial charge in [0, 0.05) is 11.6 Å². The van der Waals surface area contributed by atoms with Crippen LogP contribution in [-0.4, -0.2) is 34.5 Å². The van der Waals surface area contributed by atoms with Crippen molar-refractivity contribution in [2.75, 3.05) is 13.7 Å². The Labute approximate surface area is 237 Å². The molecule has 5 aromatic rings. The zero-order valence-electron chi connectivity index (χ0n) is 22.2. The van der Waals surface area contributed by atoms with Gasteiger partial charge in [-0.05, 0) is 57.7 Å². The number of para-hydroxylation sites is 1. The van der Waals surface area contributed by atoms with E-state index in [-0.39, 0.29) is 29.3 Å². The molecule has 10 nitrogen and oxygen atoms in total. The number of methoxy groups -OCH3 is 1. The standard InChI is InChI=1S/C29H25BrN4O6/c1-29(2,3)16-39-26-20(30)12-17(13-22(26)34(36)37)15-31-33-27(32-21-9-6-5-8-18(21)28(33)35)25-14-19-23(38-4)10-7-11-24(19)40-25/h5-15H,16H2,1-4H3. The molecule has 0 saturated carbocycles. The van der Waals surface area contributed by atoms with Crippen LogP contribution >= 0.6 is 15.9 Å². The summed E-state index contributed by atoms with van der Waals surface area (Å²) in [5.74, 6) is 1.20. The lowest BCUT2D eigenvalue weighted by molar-refractivity contribution is -0.386. The summed E-state index contributed by atoms with van der Waals surface area (Å²) in [4.78, 5) is 29.6. The third-order valence-corrected chi connectivity index (χ3v) is 6.52. The van der Waals surface area contributed by atoms with Gasteiger partial charge in [-0.1, -0.05) is 39.0 Å². The maximum Gasteiger partial charge on any atom is 0.312 e. The summed E-state index contributed by atoms with van der Waals surface area (Å²) >= 11 is 3.39. The van der Waals surface area contributed by atoms with Gasteiger partial charge in [-0.2, -0.15) is 9.78 Å². The van der Waals surface area contributed by atoms with Crippen molar-refractivity contribution in [3.05, 3.63) is 91.2 Å². The smallest absolute Gasteiger partial charge is 0.312 e. The quantitative estimate of drug-likeness (QED) is 0.114. The monoisotopic (exact) mass is 604 g/mol. The number of fused-ring (bicyclic) bond motifs is 2. The molecule has 0 unspecified atom stereocenters. The summed E-state index contributed by atoms with van der Waals surface area (Å²) in [6.07, 6.45) is 1.36. The molecular formula is C29H25BrN4O6. The van der Waals surface area contributed by atoms with Gasteiger partial charge >= 0.3 is 5.69 Å². The summed E-state index contributed by atoms with van der Waals surface area (Å²) in [5.41, 5.74) is 0.544. The number of hydrogen-bond acceptors (Lipinski definition) is 8. The van der Waals surface area contributed by atoms with Crippen molar-refractivity contribution in [2.24, 2.45) is 10.5 Å². The molecular weight excluding hydrogens is 580 g/mol. The maximum absolute atomic E-state index is 13.6. The molecule has 5 rings (SSSR count). The number of nitro groups is 1. The zero-order chi connectivity index (χ0) is 28.6. The van der Waals surface area contributed by atoms with E-state index >= 15 is 0 Å². The van der Waals surface area contributed by atoms with Crippen molar-refractivity contribution in [3.8, 4) is 23.1 Å². The minimum atomic E-state index is -0.517. The van der Waals surface area contributed by atoms with Crippen LogP contribution in [0.5, 0.6) is 11.5 Å². The lowest BCUT2D eigenvalue weighted by Crippen LogP contribution is -2.20. The van der Waals surface area contributed by atoms with E-state index in [1.54, 1.807) is 61.7 Å². The molecule has 0 amide bonds. The van der Waals surface area contributed by atoms with Crippen LogP contribution in [-0.2, 0) is 0 Å². The Bertz CT molecular complexity index is 1850. The molecule has 3 aromatic carbocycles. The Morgan fingerprint density at radius 2 is 1.90 bits per heavy atom. The predicted octanol–water partition coefficient (Wildman–Crippen LogP) is 6.80. The summed E-state index contributed by atoms with van der Waals surface area (Å²) in [7, 11) is 1.56. The molecule has 0 aliphatic carbocycles. The number of benzene rings is 3. The fourth-order valence-corrected chi connectivity index (χ4v) is 4.66. The molecule has 2 heterocycles. The number of hydrogen-bond donors (Lipinski definition) is 0. The minimum Gasteiger partial charge on any atom is -0.496 e. The molecule has 0 spiro atoms. The Morgan fingerprint density at radius 1 is 1.12 bits per heavy atom. The molecule has 2 aromatic heterocycles. The van der Waals surface area contributed by atoms with E-state index < -0.39 is 10.5 Å². The maximum atomic E-state index is 13.6. The average Bonchev–Trinajstić information content (AvgIpc) is 3.35. The van der Waals surface area contributed by atoms with Crippen molar-refractivity contribution in [3.63, 3.8) is 0 Å². The first kappa shape index (κ1) is 27.1. The van der Waals surface area contributed by atoms with Gasteiger partial charge in [-0.15, -0.1) is 0 Å². The normalized spacial score (nSPS) is 11.9. The van der Waals surface area contributed by atoms with Crippen molar-refractivity contribution >= 4 is 49.7 Å². The molecule has 11 heteroatoms. The van der Waals surface area contributed by atoms with Gasteiger partial charge < -0.3 is 13.9 Å². The number of furan rings is 1. The van der Waals surface area contributed by atoms with Gasteiger partial charge in [0.15, 0.2) is 5.76 Å². The highest BCUT2D eigenvalue weighted by Crippen LogP contribution is 2.37. The Hall–Kier alpha value is -4.51. The highest BCUT2D eigenvalue weighted by Gasteiger charge is 2.23. The van der Waals surface area contributed by atoms with Gasteiger partial charge in [0.25, 0.3) is 5.56 Å². The van der Waals surface area contributed by atoms with Gasteiger partial charge in [-0.3, -0.25) is 14.9 Å². The van der Waals surface area contributed by atoms with Crippen LogP contribution in [0.4, 0.5) is 5.69 Å². The second-order valence-electron chi connectivity index (χ2n) is 10.3. The lowest BCUT2D eigenvalue weighted by Gasteiger charge is -2.19. The van der Waals surface area contributed by atoms with Gasteiger partial charge in [-0.25, -0.2) is 4.98 Å². The fraction of sp³-hybridized carbons (Fsp3) is 0.207. The fourth-order valence-electron chi connectivity index (χ4n) is 4.08. The number of nitrogens with zero attached hydrogens (tertiary/aromatic N) is 4. The number of nitro benzene ring substituents is 1. The number of halogens is 1. The Kier molecular flexibility index (Phi) is 7.16. The number of ether oxygens (including phenoxy) is 2. The third kappa shape index (κ3) is 5.32. The average molecular weight is 605 g/mol. The number of aromatic nitrogens is 2. The Morgan fingerprint density at radius 3 is 2.62 bits per heavy atom. The van der Waals surface area contributed by atoms with Crippen LogP contribution in [0.1, 0.15) is 26.3 Å². The van der Waals surface area contributed by atoms with E-state index in [4.69, 9.17) is 13.9 Å². The predicted molar refractivity (Wildman–Crippen MR) is 157 cm³/mol. The molecule has 0 aliphatic heterocycles. The van der Waals surface area contributed by atoms with E-state index in [1.807, 2.05) is 20.8 Å². The van der Waals surface area contributed by atoms with Crippen molar-refractivity contribution in [1.82, 2.24) is 9.66 Å². The van der Waals surface area contributed by atoms with E-state index in [1.165, 1.54) is 12.3 Å². The van der Waals surface area contributed by atoms with Crippen molar-refractivity contribution < 1.29 is 18.8 Å². The summed E-state index contributed by atoms with van der Waals surface area (Å²) in [6.45, 7) is 6.19. The van der Waals surface area contributed by atoms with E-state index in [0.29, 0.717) is 43.4 Å². The zero-order valence-corrected chi connectivity index (χ0v) is 23.8. The van der Waals surface area contributed by atoms with Crippen LogP contribution in [0.25, 0.3) is 33.5 Å². The van der Waals surface area contributed by atoms with Crippen LogP contribution in [0.2, 0.25) is 0 Å². The molecule has 0 atom stereocenters. The first-order valence-electron chi connectivity index (χ1n) is 12.3. The second-order valence-corrected chi connectivity index (χ2v) is 11.1. The van der Waals surface area contributed by atoms with E-state index in [0.717, 1.165) is 4.68 Å². The molecule has 0 N–H and O–H groups in total. The lowest BCUT2D eigenvalue weighted by atomic mass is 9.99. The molecule has 0 saturated heterocycles. The highest BCUT2D eigenvalue weighted by atomic mass is 79.9.